The Kier molecular flexibility index (Phi) is 4.04. The van der Waals surface area contributed by atoms with Gasteiger partial charge in [-0.2, -0.15) is 10.1 Å². The normalized spacial score (nSPS) is 16.7. The molecule has 1 amide bonds. The van der Waals surface area contributed by atoms with Crippen LogP contribution in [0, 0.1) is 13.8 Å². The van der Waals surface area contributed by atoms with E-state index in [0.29, 0.717) is 41.8 Å². The lowest BCUT2D eigenvalue weighted by molar-refractivity contribution is -0.117. The number of benzene rings is 1. The summed E-state index contributed by atoms with van der Waals surface area (Å²) in [5.41, 5.74) is 4.44. The Hall–Kier alpha value is -3.68. The first-order chi connectivity index (χ1) is 14.1. The molecule has 1 atom stereocenters. The molecule has 1 unspecified atom stereocenters. The fraction of sp³-hybridized carbons (Fsp3) is 0.238. The predicted molar refractivity (Wildman–Crippen MR) is 105 cm³/mol. The van der Waals surface area contributed by atoms with Crippen molar-refractivity contribution in [2.75, 3.05) is 11.4 Å². The van der Waals surface area contributed by atoms with Crippen molar-refractivity contribution in [3.8, 4) is 23.0 Å². The van der Waals surface area contributed by atoms with Gasteiger partial charge in [0.15, 0.2) is 11.6 Å². The maximum atomic E-state index is 12.6. The third-order valence-corrected chi connectivity index (χ3v) is 5.16. The van der Waals surface area contributed by atoms with E-state index < -0.39 is 0 Å². The molecule has 1 saturated heterocycles. The zero-order valence-electron chi connectivity index (χ0n) is 16.0. The monoisotopic (exact) mass is 389 g/mol. The van der Waals surface area contributed by atoms with Crippen molar-refractivity contribution in [1.29, 1.82) is 0 Å². The van der Waals surface area contributed by atoms with Gasteiger partial charge in [0.2, 0.25) is 5.91 Å². The molecule has 8 heteroatoms. The first kappa shape index (κ1) is 17.4. The molecule has 3 aromatic heterocycles. The van der Waals surface area contributed by atoms with Gasteiger partial charge >= 0.3 is 0 Å². The van der Waals surface area contributed by atoms with E-state index in [1.165, 1.54) is 5.56 Å². The van der Waals surface area contributed by atoms with E-state index >= 15 is 0 Å². The molecular weight excluding hydrogens is 370 g/mol. The zero-order chi connectivity index (χ0) is 20.0. The summed E-state index contributed by atoms with van der Waals surface area (Å²) < 4.78 is 10.8. The van der Waals surface area contributed by atoms with Gasteiger partial charge < -0.3 is 13.8 Å². The quantitative estimate of drug-likeness (QED) is 0.569. The van der Waals surface area contributed by atoms with Gasteiger partial charge in [-0.05, 0) is 37.6 Å². The third kappa shape index (κ3) is 3.12. The highest BCUT2D eigenvalue weighted by molar-refractivity contribution is 5.97. The molecule has 0 aliphatic carbocycles. The van der Waals surface area contributed by atoms with E-state index in [1.54, 1.807) is 23.3 Å². The largest absolute Gasteiger partial charge is 0.463 e. The standard InChI is InChI=1S/C21H19N5O3/c1-12-5-6-17(13(2)8-12)26-11-14(9-19(26)27)20-22-21(29-25-20)16-10-15(23-24-16)18-4-3-7-28-18/h3-8,10,14H,9,11H2,1-2H3,(H,23,24). The van der Waals surface area contributed by atoms with Gasteiger partial charge in [-0.25, -0.2) is 0 Å². The fourth-order valence-corrected chi connectivity index (χ4v) is 3.71. The number of hydrogen-bond donors (Lipinski definition) is 1. The van der Waals surface area contributed by atoms with Crippen LogP contribution in [0.5, 0.6) is 0 Å². The molecule has 146 valence electrons. The lowest BCUT2D eigenvalue weighted by Crippen LogP contribution is -2.25. The number of aromatic amines is 1. The van der Waals surface area contributed by atoms with Crippen molar-refractivity contribution in [2.45, 2.75) is 26.2 Å². The SMILES string of the molecule is Cc1ccc(N2CC(c3noc(-c4cc(-c5ccco5)n[nH]4)n3)CC2=O)c(C)c1. The first-order valence-electron chi connectivity index (χ1n) is 9.39. The van der Waals surface area contributed by atoms with E-state index in [0.717, 1.165) is 11.3 Å². The maximum absolute atomic E-state index is 12.6. The second-order valence-corrected chi connectivity index (χ2v) is 7.30. The Labute approximate surface area is 166 Å². The summed E-state index contributed by atoms with van der Waals surface area (Å²) in [5, 5.41) is 11.2. The average Bonchev–Trinajstić information content (AvgIpc) is 3.47. The van der Waals surface area contributed by atoms with Crippen LogP contribution in [0.4, 0.5) is 5.69 Å². The minimum absolute atomic E-state index is 0.0648. The fourth-order valence-electron chi connectivity index (χ4n) is 3.71. The molecule has 0 spiro atoms. The smallest absolute Gasteiger partial charge is 0.275 e. The van der Waals surface area contributed by atoms with Crippen LogP contribution in [-0.4, -0.2) is 32.8 Å². The maximum Gasteiger partial charge on any atom is 0.275 e. The number of H-pyrrole nitrogens is 1. The molecule has 4 aromatic rings. The van der Waals surface area contributed by atoms with Gasteiger partial charge in [0.1, 0.15) is 11.4 Å². The molecule has 1 aliphatic rings. The summed E-state index contributed by atoms with van der Waals surface area (Å²) in [6.45, 7) is 4.59. The van der Waals surface area contributed by atoms with E-state index in [1.807, 2.05) is 32.0 Å². The molecule has 1 fully saturated rings. The van der Waals surface area contributed by atoms with Crippen LogP contribution in [-0.2, 0) is 4.79 Å². The summed E-state index contributed by atoms with van der Waals surface area (Å²) >= 11 is 0. The molecular formula is C21H19N5O3. The molecule has 29 heavy (non-hydrogen) atoms. The number of anilines is 1. The van der Waals surface area contributed by atoms with Crippen molar-refractivity contribution < 1.29 is 13.7 Å². The lowest BCUT2D eigenvalue weighted by atomic mass is 10.1. The highest BCUT2D eigenvalue weighted by Crippen LogP contribution is 2.33. The number of amides is 1. The Bertz CT molecular complexity index is 1170. The number of furan rings is 1. The van der Waals surface area contributed by atoms with Gasteiger partial charge in [-0.1, -0.05) is 22.9 Å². The summed E-state index contributed by atoms with van der Waals surface area (Å²) in [6.07, 6.45) is 1.94. The summed E-state index contributed by atoms with van der Waals surface area (Å²) in [4.78, 5) is 18.9. The molecule has 0 radical (unpaired) electrons. The number of nitrogens with zero attached hydrogens (tertiary/aromatic N) is 4. The number of rotatable bonds is 4. The zero-order valence-corrected chi connectivity index (χ0v) is 16.0. The van der Waals surface area contributed by atoms with Crippen molar-refractivity contribution >= 4 is 11.6 Å². The van der Waals surface area contributed by atoms with Crippen LogP contribution < -0.4 is 4.90 Å². The van der Waals surface area contributed by atoms with Gasteiger partial charge in [0.25, 0.3) is 5.89 Å². The van der Waals surface area contributed by atoms with Crippen LogP contribution in [0.2, 0.25) is 0 Å². The molecule has 0 bridgehead atoms. The molecule has 0 saturated carbocycles. The summed E-state index contributed by atoms with van der Waals surface area (Å²) in [5.74, 6) is 1.46. The Morgan fingerprint density at radius 3 is 2.90 bits per heavy atom. The van der Waals surface area contributed by atoms with Gasteiger partial charge in [-0.15, -0.1) is 0 Å². The minimum Gasteiger partial charge on any atom is -0.463 e. The Morgan fingerprint density at radius 2 is 2.10 bits per heavy atom. The van der Waals surface area contributed by atoms with Crippen molar-refractivity contribution in [3.05, 3.63) is 59.6 Å². The minimum atomic E-state index is -0.117. The predicted octanol–water partition coefficient (Wildman–Crippen LogP) is 3.86. The van der Waals surface area contributed by atoms with E-state index in [-0.39, 0.29) is 11.8 Å². The van der Waals surface area contributed by atoms with Gasteiger partial charge in [-0.3, -0.25) is 9.89 Å². The topological polar surface area (TPSA) is 101 Å². The number of carbonyl (C=O) groups is 1. The van der Waals surface area contributed by atoms with E-state index in [9.17, 15) is 4.79 Å². The van der Waals surface area contributed by atoms with Crippen LogP contribution in [0.1, 0.15) is 29.3 Å². The number of nitrogens with one attached hydrogen (secondary N) is 1. The average molecular weight is 389 g/mol. The Balaban J connectivity index is 1.36. The van der Waals surface area contributed by atoms with Crippen LogP contribution in [0.3, 0.4) is 0 Å². The first-order valence-corrected chi connectivity index (χ1v) is 9.39. The molecule has 1 aromatic carbocycles. The third-order valence-electron chi connectivity index (χ3n) is 5.16. The Morgan fingerprint density at radius 1 is 1.21 bits per heavy atom. The number of aromatic nitrogens is 4. The number of hydrogen-bond acceptors (Lipinski definition) is 6. The second kappa shape index (κ2) is 6.73. The summed E-state index contributed by atoms with van der Waals surface area (Å²) in [7, 11) is 0. The van der Waals surface area contributed by atoms with E-state index in [4.69, 9.17) is 8.94 Å². The van der Waals surface area contributed by atoms with Gasteiger partial charge in [0.05, 0.1) is 6.26 Å². The number of aryl methyl sites for hydroxylation is 2. The number of carbonyl (C=O) groups excluding carboxylic acids is 1. The molecule has 5 rings (SSSR count). The van der Waals surface area contributed by atoms with Crippen molar-refractivity contribution in [1.82, 2.24) is 20.3 Å². The molecule has 4 heterocycles. The summed E-state index contributed by atoms with van der Waals surface area (Å²) in [6, 6.07) is 11.5. The van der Waals surface area contributed by atoms with Crippen LogP contribution in [0.15, 0.2) is 51.6 Å². The second-order valence-electron chi connectivity index (χ2n) is 7.30. The molecule has 1 aliphatic heterocycles. The highest BCUT2D eigenvalue weighted by atomic mass is 16.5. The van der Waals surface area contributed by atoms with E-state index in [2.05, 4.69) is 26.4 Å². The van der Waals surface area contributed by atoms with Crippen LogP contribution in [0.25, 0.3) is 23.0 Å². The molecule has 1 N–H and O–H groups in total. The van der Waals surface area contributed by atoms with Crippen molar-refractivity contribution in [3.63, 3.8) is 0 Å². The highest BCUT2D eigenvalue weighted by Gasteiger charge is 2.35. The van der Waals surface area contributed by atoms with Gasteiger partial charge in [0, 0.05) is 30.6 Å². The van der Waals surface area contributed by atoms with Crippen molar-refractivity contribution in [2.24, 2.45) is 0 Å². The molecule has 8 nitrogen and oxygen atoms in total. The van der Waals surface area contributed by atoms with Crippen LogP contribution >= 0.6 is 0 Å². The lowest BCUT2D eigenvalue weighted by Gasteiger charge is -2.19.